The number of unbranched alkanes of at least 4 members (excludes halogenated alkanes) is 13. The fraction of sp³-hybridized carbons (Fsp3) is 0.960. The molecule has 30 heavy (non-hydrogen) atoms. The van der Waals surface area contributed by atoms with Crippen LogP contribution in [0.2, 0.25) is 0 Å². The van der Waals surface area contributed by atoms with E-state index in [0.29, 0.717) is 12.8 Å². The van der Waals surface area contributed by atoms with E-state index in [9.17, 15) is 20.1 Å². The van der Waals surface area contributed by atoms with E-state index in [1.165, 1.54) is 64.2 Å². The smallest absolute Gasteiger partial charge is 0.145 e. The highest BCUT2D eigenvalue weighted by molar-refractivity contribution is 5.82. The summed E-state index contributed by atoms with van der Waals surface area (Å²) in [6.45, 7) is 4.28. The van der Waals surface area contributed by atoms with Crippen molar-refractivity contribution in [2.75, 3.05) is 0 Å². The largest absolute Gasteiger partial charge is 0.393 e. The van der Waals surface area contributed by atoms with Crippen molar-refractivity contribution < 1.29 is 20.1 Å². The van der Waals surface area contributed by atoms with Crippen LogP contribution < -0.4 is 5.73 Å². The first-order valence-corrected chi connectivity index (χ1v) is 12.8. The Morgan fingerprint density at radius 1 is 0.667 bits per heavy atom. The molecule has 0 aliphatic carbocycles. The summed E-state index contributed by atoms with van der Waals surface area (Å²) in [6, 6.07) is 0. The standard InChI is InChI=1S/C25H51NO4/c1-3-5-7-8-9-10-11-12-13-14-15-16-17-19-22(28)24(25(26)30)23(29)20-21(27)18-6-4-2/h21-22,24-25,27-28,30H,3-20,26H2,1-2H3. The number of hydrogen-bond donors (Lipinski definition) is 4. The second-order valence-corrected chi connectivity index (χ2v) is 9.08. The van der Waals surface area contributed by atoms with Crippen LogP contribution in [-0.4, -0.2) is 39.5 Å². The van der Waals surface area contributed by atoms with Crippen LogP contribution in [0.4, 0.5) is 0 Å². The highest BCUT2D eigenvalue weighted by atomic mass is 16.3. The van der Waals surface area contributed by atoms with E-state index in [0.717, 1.165) is 32.1 Å². The summed E-state index contributed by atoms with van der Waals surface area (Å²) in [5, 5.41) is 30.1. The zero-order valence-corrected chi connectivity index (χ0v) is 19.9. The van der Waals surface area contributed by atoms with Crippen LogP contribution in [0.15, 0.2) is 0 Å². The first-order chi connectivity index (χ1) is 14.4. The van der Waals surface area contributed by atoms with E-state index in [4.69, 9.17) is 5.73 Å². The van der Waals surface area contributed by atoms with Crippen molar-refractivity contribution in [3.05, 3.63) is 0 Å². The quantitative estimate of drug-likeness (QED) is 0.139. The zero-order valence-electron chi connectivity index (χ0n) is 19.9. The lowest BCUT2D eigenvalue weighted by atomic mass is 9.88. The van der Waals surface area contributed by atoms with Crippen LogP contribution in [0.25, 0.3) is 0 Å². The van der Waals surface area contributed by atoms with E-state index in [1.54, 1.807) is 0 Å². The third-order valence-electron chi connectivity index (χ3n) is 6.09. The number of nitrogens with two attached hydrogens (primary N) is 1. The Balaban J connectivity index is 3.82. The molecule has 0 rings (SSSR count). The Morgan fingerprint density at radius 2 is 1.10 bits per heavy atom. The van der Waals surface area contributed by atoms with Crippen LogP contribution in [0, 0.1) is 5.92 Å². The summed E-state index contributed by atoms with van der Waals surface area (Å²) >= 11 is 0. The van der Waals surface area contributed by atoms with Gasteiger partial charge in [0, 0.05) is 6.42 Å². The van der Waals surface area contributed by atoms with Gasteiger partial charge >= 0.3 is 0 Å². The number of aliphatic hydroxyl groups is 3. The van der Waals surface area contributed by atoms with Gasteiger partial charge in [-0.15, -0.1) is 0 Å². The second kappa shape index (κ2) is 20.4. The maximum Gasteiger partial charge on any atom is 0.145 e. The van der Waals surface area contributed by atoms with Gasteiger partial charge < -0.3 is 21.1 Å². The first kappa shape index (κ1) is 29.5. The molecule has 0 aliphatic rings. The van der Waals surface area contributed by atoms with Gasteiger partial charge in [-0.3, -0.25) is 4.79 Å². The minimum Gasteiger partial charge on any atom is -0.393 e. The summed E-state index contributed by atoms with van der Waals surface area (Å²) in [5.41, 5.74) is 5.55. The maximum atomic E-state index is 12.4. The minimum absolute atomic E-state index is 0.0470. The fourth-order valence-electron chi connectivity index (χ4n) is 4.09. The Kier molecular flexibility index (Phi) is 20.1. The van der Waals surface area contributed by atoms with Crippen molar-refractivity contribution in [2.45, 2.75) is 148 Å². The van der Waals surface area contributed by atoms with Crippen LogP contribution in [-0.2, 0) is 4.79 Å². The molecular weight excluding hydrogens is 378 g/mol. The molecule has 5 nitrogen and oxygen atoms in total. The molecule has 4 unspecified atom stereocenters. The van der Waals surface area contributed by atoms with Crippen molar-refractivity contribution in [2.24, 2.45) is 11.7 Å². The Labute approximate surface area is 185 Å². The van der Waals surface area contributed by atoms with Crippen molar-refractivity contribution in [3.63, 3.8) is 0 Å². The average Bonchev–Trinajstić information content (AvgIpc) is 2.69. The monoisotopic (exact) mass is 429 g/mol. The highest BCUT2D eigenvalue weighted by Gasteiger charge is 2.32. The molecular formula is C25H51NO4. The number of carbonyl (C=O) groups is 1. The molecule has 0 spiro atoms. The van der Waals surface area contributed by atoms with Gasteiger partial charge in [-0.2, -0.15) is 0 Å². The molecule has 180 valence electrons. The molecule has 0 fully saturated rings. The number of hydrogen-bond acceptors (Lipinski definition) is 5. The van der Waals surface area contributed by atoms with Gasteiger partial charge in [0.05, 0.1) is 18.1 Å². The summed E-state index contributed by atoms with van der Waals surface area (Å²) < 4.78 is 0. The normalized spacial score (nSPS) is 15.7. The zero-order chi connectivity index (χ0) is 22.6. The molecule has 0 aliphatic heterocycles. The molecule has 0 heterocycles. The minimum atomic E-state index is -1.38. The molecule has 0 amide bonds. The lowest BCUT2D eigenvalue weighted by Crippen LogP contribution is -2.44. The molecule has 0 saturated heterocycles. The third kappa shape index (κ3) is 16.2. The number of carbonyl (C=O) groups excluding carboxylic acids is 1. The number of Topliss-reactive ketones (excluding diaryl/α,β-unsaturated/α-hetero) is 1. The molecule has 5 N–H and O–H groups in total. The molecule has 0 aromatic rings. The topological polar surface area (TPSA) is 104 Å². The van der Waals surface area contributed by atoms with Crippen LogP contribution >= 0.6 is 0 Å². The van der Waals surface area contributed by atoms with Crippen molar-refractivity contribution in [1.82, 2.24) is 0 Å². The highest BCUT2D eigenvalue weighted by Crippen LogP contribution is 2.20. The van der Waals surface area contributed by atoms with Gasteiger partial charge in [0.2, 0.25) is 0 Å². The van der Waals surface area contributed by atoms with Crippen molar-refractivity contribution in [1.29, 1.82) is 0 Å². The van der Waals surface area contributed by atoms with Gasteiger partial charge in [0.1, 0.15) is 12.0 Å². The maximum absolute atomic E-state index is 12.4. The van der Waals surface area contributed by atoms with Crippen LogP contribution in [0.3, 0.4) is 0 Å². The van der Waals surface area contributed by atoms with Crippen molar-refractivity contribution in [3.8, 4) is 0 Å². The molecule has 0 bridgehead atoms. The predicted molar refractivity (Wildman–Crippen MR) is 125 cm³/mol. The number of rotatable bonds is 22. The van der Waals surface area contributed by atoms with E-state index < -0.39 is 24.4 Å². The van der Waals surface area contributed by atoms with Gasteiger partial charge in [0.25, 0.3) is 0 Å². The van der Waals surface area contributed by atoms with Gasteiger partial charge in [-0.25, -0.2) is 0 Å². The van der Waals surface area contributed by atoms with E-state index in [1.807, 2.05) is 6.92 Å². The number of ketones is 1. The summed E-state index contributed by atoms with van der Waals surface area (Å²) in [7, 11) is 0. The van der Waals surface area contributed by atoms with Crippen molar-refractivity contribution >= 4 is 5.78 Å². The van der Waals surface area contributed by atoms with Crippen LogP contribution in [0.5, 0.6) is 0 Å². The molecule has 0 saturated carbocycles. The van der Waals surface area contributed by atoms with Gasteiger partial charge in [0.15, 0.2) is 0 Å². The summed E-state index contributed by atoms with van der Waals surface area (Å²) in [6.07, 6.45) is 16.1. The van der Waals surface area contributed by atoms with E-state index in [-0.39, 0.29) is 12.2 Å². The Morgan fingerprint density at radius 3 is 1.53 bits per heavy atom. The lowest BCUT2D eigenvalue weighted by molar-refractivity contribution is -0.133. The molecule has 4 atom stereocenters. The lowest BCUT2D eigenvalue weighted by Gasteiger charge is -2.25. The second-order valence-electron chi connectivity index (χ2n) is 9.08. The molecule has 0 aromatic heterocycles. The van der Waals surface area contributed by atoms with Crippen LogP contribution in [0.1, 0.15) is 129 Å². The Bertz CT molecular complexity index is 389. The fourth-order valence-corrected chi connectivity index (χ4v) is 4.09. The summed E-state index contributed by atoms with van der Waals surface area (Å²) in [4.78, 5) is 12.4. The van der Waals surface area contributed by atoms with Gasteiger partial charge in [-0.05, 0) is 12.8 Å². The third-order valence-corrected chi connectivity index (χ3v) is 6.09. The number of aliphatic hydroxyl groups excluding tert-OH is 3. The predicted octanol–water partition coefficient (Wildman–Crippen LogP) is 5.23. The Hall–Kier alpha value is -0.490. The first-order valence-electron chi connectivity index (χ1n) is 12.8. The molecule has 0 radical (unpaired) electrons. The van der Waals surface area contributed by atoms with E-state index in [2.05, 4.69) is 6.92 Å². The SMILES string of the molecule is CCCCCCCCCCCCCCCC(O)C(C(=O)CC(O)CCCC)C(N)O. The molecule has 5 heteroatoms. The van der Waals surface area contributed by atoms with Gasteiger partial charge in [-0.1, -0.05) is 110 Å². The summed E-state index contributed by atoms with van der Waals surface area (Å²) in [5.74, 6) is -1.34. The molecule has 0 aromatic carbocycles. The average molecular weight is 430 g/mol. The van der Waals surface area contributed by atoms with E-state index >= 15 is 0 Å².